The van der Waals surface area contributed by atoms with Gasteiger partial charge in [-0.2, -0.15) is 0 Å². The van der Waals surface area contributed by atoms with Gasteiger partial charge in [0.15, 0.2) is 7.28 Å². The largest absolute Gasteiger partial charge is 0.456 e. The van der Waals surface area contributed by atoms with E-state index in [1.807, 2.05) is 0 Å². The van der Waals surface area contributed by atoms with Crippen LogP contribution in [0.4, 0.5) is 28.4 Å². The molecule has 2 aliphatic rings. The lowest BCUT2D eigenvalue weighted by atomic mass is 9.55. The van der Waals surface area contributed by atoms with Crippen LogP contribution in [0.25, 0.3) is 55.3 Å². The summed E-state index contributed by atoms with van der Waals surface area (Å²) in [5.41, 5.74) is 19.8. The van der Waals surface area contributed by atoms with E-state index in [0.717, 1.165) is 46.2 Å². The van der Waals surface area contributed by atoms with Crippen LogP contribution in [0.3, 0.4) is 0 Å². The van der Waals surface area contributed by atoms with E-state index in [0.29, 0.717) is 0 Å². The highest BCUT2D eigenvalue weighted by atomic mass is 16.3. The molecule has 0 unspecified atom stereocenters. The number of rotatable bonds is 5. The number of fused-ring (bicyclic) bond motifs is 7. The standard InChI is InChI=1S/C51H37BN2O/c1-51(2)39-22-10-11-25-43(39)54-44-31-46-47(37-21-9-12-26-45(37)55-46)48(49(44)52-41-24-14-23-40(51)50(41)54)38-30-35(33-17-7-4-8-18-33)27-28-42(38)53-36-20-13-19-34(29-36)32-15-5-3-6-16-32/h3-31,52-53H,1-2H3. The van der Waals surface area contributed by atoms with Crippen molar-refractivity contribution >= 4 is 68.6 Å². The Morgan fingerprint density at radius 3 is 2.04 bits per heavy atom. The highest BCUT2D eigenvalue weighted by Crippen LogP contribution is 2.53. The molecule has 0 saturated carbocycles. The Kier molecular flexibility index (Phi) is 6.99. The third-order valence-electron chi connectivity index (χ3n) is 11.8. The molecule has 0 atom stereocenters. The van der Waals surface area contributed by atoms with Crippen LogP contribution < -0.4 is 21.1 Å². The molecule has 11 rings (SSSR count). The fourth-order valence-electron chi connectivity index (χ4n) is 9.23. The lowest BCUT2D eigenvalue weighted by Gasteiger charge is -2.46. The van der Waals surface area contributed by atoms with Crippen molar-refractivity contribution < 1.29 is 4.42 Å². The summed E-state index contributed by atoms with van der Waals surface area (Å²) >= 11 is 0. The minimum Gasteiger partial charge on any atom is -0.456 e. The SMILES string of the molecule is CC1(C)c2ccccc2N2c3cc4oc5ccccc5c4c(-c4cc(-c5ccccc5)ccc4Nc4cccc(-c5ccccc5)c4)c3Bc3cccc1c32. The molecule has 9 aromatic rings. The first-order chi connectivity index (χ1) is 27.0. The lowest BCUT2D eigenvalue weighted by molar-refractivity contribution is 0.632. The molecular formula is C51H37BN2O. The first-order valence-corrected chi connectivity index (χ1v) is 19.1. The zero-order valence-corrected chi connectivity index (χ0v) is 30.8. The van der Waals surface area contributed by atoms with E-state index in [2.05, 4.69) is 200 Å². The van der Waals surface area contributed by atoms with Gasteiger partial charge in [0, 0.05) is 50.6 Å². The van der Waals surface area contributed by atoms with Gasteiger partial charge < -0.3 is 14.6 Å². The normalized spacial score (nSPS) is 13.5. The Labute approximate surface area is 321 Å². The van der Waals surface area contributed by atoms with Crippen LogP contribution in [0.15, 0.2) is 180 Å². The van der Waals surface area contributed by atoms with E-state index in [1.165, 1.54) is 66.9 Å². The van der Waals surface area contributed by atoms with Crippen molar-refractivity contribution in [3.63, 3.8) is 0 Å². The van der Waals surface area contributed by atoms with E-state index < -0.39 is 0 Å². The third kappa shape index (κ3) is 4.91. The number of furan rings is 1. The summed E-state index contributed by atoms with van der Waals surface area (Å²) in [4.78, 5) is 2.53. The predicted octanol–water partition coefficient (Wildman–Crippen LogP) is 12.1. The van der Waals surface area contributed by atoms with Crippen molar-refractivity contribution in [3.05, 3.63) is 187 Å². The second-order valence-electron chi connectivity index (χ2n) is 15.4. The van der Waals surface area contributed by atoms with Crippen molar-refractivity contribution in [2.45, 2.75) is 19.3 Å². The summed E-state index contributed by atoms with van der Waals surface area (Å²) in [6.45, 7) is 4.73. The Morgan fingerprint density at radius 1 is 0.545 bits per heavy atom. The molecule has 0 spiro atoms. The topological polar surface area (TPSA) is 28.4 Å². The second kappa shape index (κ2) is 12.1. The van der Waals surface area contributed by atoms with Crippen LogP contribution in [0, 0.1) is 0 Å². The summed E-state index contributed by atoms with van der Waals surface area (Å²) in [6, 6.07) is 63.6. The van der Waals surface area contributed by atoms with Crippen LogP contribution in [-0.4, -0.2) is 7.28 Å². The third-order valence-corrected chi connectivity index (χ3v) is 11.8. The smallest absolute Gasteiger partial charge is 0.198 e. The molecule has 0 bridgehead atoms. The molecule has 4 heteroatoms. The van der Waals surface area contributed by atoms with Gasteiger partial charge in [0.1, 0.15) is 11.2 Å². The first-order valence-electron chi connectivity index (χ1n) is 19.1. The van der Waals surface area contributed by atoms with Gasteiger partial charge in [0.05, 0.1) is 5.69 Å². The molecule has 2 aliphatic heterocycles. The molecule has 0 amide bonds. The molecule has 1 aromatic heterocycles. The van der Waals surface area contributed by atoms with E-state index in [-0.39, 0.29) is 5.41 Å². The molecule has 8 aromatic carbocycles. The summed E-state index contributed by atoms with van der Waals surface area (Å²) in [5.74, 6) is 0. The quantitative estimate of drug-likeness (QED) is 0.181. The predicted molar refractivity (Wildman–Crippen MR) is 233 cm³/mol. The van der Waals surface area contributed by atoms with E-state index in [9.17, 15) is 0 Å². The average Bonchev–Trinajstić information content (AvgIpc) is 3.60. The zero-order valence-electron chi connectivity index (χ0n) is 30.8. The zero-order chi connectivity index (χ0) is 36.7. The number of nitrogens with one attached hydrogen (secondary N) is 1. The van der Waals surface area contributed by atoms with Crippen molar-refractivity contribution in [2.24, 2.45) is 0 Å². The number of hydrogen-bond acceptors (Lipinski definition) is 3. The van der Waals surface area contributed by atoms with Crippen LogP contribution in [0.2, 0.25) is 0 Å². The molecule has 0 radical (unpaired) electrons. The highest BCUT2D eigenvalue weighted by molar-refractivity contribution is 6.74. The average molecular weight is 705 g/mol. The van der Waals surface area contributed by atoms with Crippen LogP contribution >= 0.6 is 0 Å². The molecular weight excluding hydrogens is 667 g/mol. The van der Waals surface area contributed by atoms with Crippen molar-refractivity contribution in [2.75, 3.05) is 10.2 Å². The number of anilines is 5. The summed E-state index contributed by atoms with van der Waals surface area (Å²) < 4.78 is 6.83. The molecule has 3 heterocycles. The molecule has 1 N–H and O–H groups in total. The van der Waals surface area contributed by atoms with Crippen LogP contribution in [0.1, 0.15) is 25.0 Å². The number of para-hydroxylation sites is 3. The first kappa shape index (κ1) is 31.7. The number of nitrogens with zero attached hydrogens (tertiary/aromatic N) is 1. The molecule has 260 valence electrons. The van der Waals surface area contributed by atoms with Gasteiger partial charge in [0.25, 0.3) is 0 Å². The fraction of sp³-hybridized carbons (Fsp3) is 0.0588. The minimum absolute atomic E-state index is 0.141. The molecule has 3 nitrogen and oxygen atoms in total. The van der Waals surface area contributed by atoms with Crippen LogP contribution in [-0.2, 0) is 5.41 Å². The van der Waals surface area contributed by atoms with Gasteiger partial charge in [-0.25, -0.2) is 0 Å². The van der Waals surface area contributed by atoms with Crippen molar-refractivity contribution in [1.82, 2.24) is 0 Å². The van der Waals surface area contributed by atoms with Crippen molar-refractivity contribution in [1.29, 1.82) is 0 Å². The van der Waals surface area contributed by atoms with Gasteiger partial charge in [-0.15, -0.1) is 0 Å². The molecule has 0 saturated heterocycles. The maximum atomic E-state index is 6.83. The van der Waals surface area contributed by atoms with Gasteiger partial charge in [-0.3, -0.25) is 0 Å². The Balaban J connectivity index is 1.21. The van der Waals surface area contributed by atoms with Crippen LogP contribution in [0.5, 0.6) is 0 Å². The minimum atomic E-state index is -0.141. The second-order valence-corrected chi connectivity index (χ2v) is 15.4. The maximum Gasteiger partial charge on any atom is 0.198 e. The number of benzene rings is 8. The van der Waals surface area contributed by atoms with Gasteiger partial charge >= 0.3 is 0 Å². The van der Waals surface area contributed by atoms with E-state index in [4.69, 9.17) is 4.42 Å². The maximum absolute atomic E-state index is 6.83. The fourth-order valence-corrected chi connectivity index (χ4v) is 9.23. The summed E-state index contributed by atoms with van der Waals surface area (Å²) in [6.07, 6.45) is 0. The van der Waals surface area contributed by atoms with Gasteiger partial charge in [-0.05, 0) is 80.8 Å². The Bertz CT molecular complexity index is 2960. The Hall–Kier alpha value is -6.78. The van der Waals surface area contributed by atoms with Gasteiger partial charge in [-0.1, -0.05) is 153 Å². The molecule has 0 fully saturated rings. The molecule has 0 aliphatic carbocycles. The molecule has 55 heavy (non-hydrogen) atoms. The van der Waals surface area contributed by atoms with E-state index in [1.54, 1.807) is 0 Å². The van der Waals surface area contributed by atoms with E-state index >= 15 is 0 Å². The van der Waals surface area contributed by atoms with Crippen molar-refractivity contribution in [3.8, 4) is 33.4 Å². The monoisotopic (exact) mass is 704 g/mol. The van der Waals surface area contributed by atoms with Gasteiger partial charge in [0.2, 0.25) is 0 Å². The summed E-state index contributed by atoms with van der Waals surface area (Å²) in [7, 11) is 0.802. The summed E-state index contributed by atoms with van der Waals surface area (Å²) in [5, 5.41) is 6.19. The lowest BCUT2D eigenvalue weighted by Crippen LogP contribution is -2.45. The highest BCUT2D eigenvalue weighted by Gasteiger charge is 2.41. The Morgan fingerprint density at radius 2 is 1.22 bits per heavy atom. The number of hydrogen-bond donors (Lipinski definition) is 1.